The third-order valence-electron chi connectivity index (χ3n) is 4.18. The maximum absolute atomic E-state index is 6.11. The van der Waals surface area contributed by atoms with E-state index in [1.54, 1.807) is 0 Å². The van der Waals surface area contributed by atoms with Crippen molar-refractivity contribution in [2.45, 2.75) is 38.8 Å². The molecule has 1 atom stereocenters. The van der Waals surface area contributed by atoms with E-state index in [2.05, 4.69) is 35.0 Å². The molecule has 3 rings (SSSR count). The van der Waals surface area contributed by atoms with E-state index in [-0.39, 0.29) is 0 Å². The number of likely N-dealkylation sites (tertiary alicyclic amines) is 1. The summed E-state index contributed by atoms with van der Waals surface area (Å²) < 4.78 is 0. The minimum absolute atomic E-state index is 0.681. The highest BCUT2D eigenvalue weighted by atomic mass is 15.2. The van der Waals surface area contributed by atoms with E-state index in [9.17, 15) is 0 Å². The molecule has 0 radical (unpaired) electrons. The van der Waals surface area contributed by atoms with Gasteiger partial charge in [0.1, 0.15) is 5.82 Å². The molecule has 3 heteroatoms. The molecular formula is C16H21N3. The minimum atomic E-state index is 0.681. The van der Waals surface area contributed by atoms with Crippen LogP contribution in [0.4, 0.5) is 5.82 Å². The van der Waals surface area contributed by atoms with Crippen molar-refractivity contribution in [1.82, 2.24) is 9.88 Å². The third-order valence-corrected chi connectivity index (χ3v) is 4.18. The van der Waals surface area contributed by atoms with E-state index in [4.69, 9.17) is 5.73 Å². The van der Waals surface area contributed by atoms with Gasteiger partial charge in [0.2, 0.25) is 0 Å². The summed E-state index contributed by atoms with van der Waals surface area (Å²) in [5.41, 5.74) is 8.26. The number of nitrogens with two attached hydrogens (primary N) is 1. The van der Waals surface area contributed by atoms with Crippen molar-refractivity contribution in [2.24, 2.45) is 0 Å². The summed E-state index contributed by atoms with van der Waals surface area (Å²) in [7, 11) is 0. The number of benzene rings is 1. The summed E-state index contributed by atoms with van der Waals surface area (Å²) in [4.78, 5) is 7.06. The second-order valence-corrected chi connectivity index (χ2v) is 5.40. The Balaban J connectivity index is 1.90. The fourth-order valence-electron chi connectivity index (χ4n) is 3.09. The van der Waals surface area contributed by atoms with Gasteiger partial charge in [0, 0.05) is 23.5 Å². The molecule has 0 aliphatic carbocycles. The van der Waals surface area contributed by atoms with Crippen molar-refractivity contribution in [3.05, 3.63) is 35.9 Å². The van der Waals surface area contributed by atoms with Gasteiger partial charge in [-0.05, 0) is 37.9 Å². The van der Waals surface area contributed by atoms with Gasteiger partial charge in [0.25, 0.3) is 0 Å². The molecule has 1 saturated heterocycles. The monoisotopic (exact) mass is 255 g/mol. The molecule has 2 heterocycles. The van der Waals surface area contributed by atoms with Crippen LogP contribution in [0.5, 0.6) is 0 Å². The van der Waals surface area contributed by atoms with Gasteiger partial charge < -0.3 is 5.73 Å². The average molecular weight is 255 g/mol. The lowest BCUT2D eigenvalue weighted by Crippen LogP contribution is -2.28. The maximum Gasteiger partial charge on any atom is 0.128 e. The van der Waals surface area contributed by atoms with Gasteiger partial charge in [0.15, 0.2) is 0 Å². The predicted octanol–water partition coefficient (Wildman–Crippen LogP) is 3.19. The summed E-state index contributed by atoms with van der Waals surface area (Å²) in [5.74, 6) is 0.681. The number of nitrogens with zero attached hydrogens (tertiary/aromatic N) is 2. The van der Waals surface area contributed by atoms with E-state index in [0.29, 0.717) is 11.9 Å². The van der Waals surface area contributed by atoms with Crippen molar-refractivity contribution in [1.29, 1.82) is 0 Å². The highest BCUT2D eigenvalue weighted by molar-refractivity contribution is 5.81. The number of hydrogen-bond donors (Lipinski definition) is 1. The number of fused-ring (bicyclic) bond motifs is 1. The maximum atomic E-state index is 6.11. The molecule has 1 aliphatic rings. The molecule has 19 heavy (non-hydrogen) atoms. The molecular weight excluding hydrogens is 234 g/mol. The van der Waals surface area contributed by atoms with Crippen molar-refractivity contribution in [3.8, 4) is 0 Å². The average Bonchev–Trinajstić information content (AvgIpc) is 2.87. The fourth-order valence-corrected chi connectivity index (χ4v) is 3.09. The molecule has 3 nitrogen and oxygen atoms in total. The van der Waals surface area contributed by atoms with Crippen LogP contribution >= 0.6 is 0 Å². The summed E-state index contributed by atoms with van der Waals surface area (Å²) in [5, 5.41) is 1.18. The lowest BCUT2D eigenvalue weighted by atomic mass is 10.1. The molecule has 2 N–H and O–H groups in total. The molecule has 1 fully saturated rings. The fraction of sp³-hybridized carbons (Fsp3) is 0.438. The van der Waals surface area contributed by atoms with Crippen LogP contribution in [-0.2, 0) is 6.54 Å². The van der Waals surface area contributed by atoms with Crippen molar-refractivity contribution >= 4 is 16.7 Å². The summed E-state index contributed by atoms with van der Waals surface area (Å²) in [6.45, 7) is 4.39. The lowest BCUT2D eigenvalue weighted by Gasteiger charge is -2.23. The van der Waals surface area contributed by atoms with Gasteiger partial charge in [-0.1, -0.05) is 25.1 Å². The van der Waals surface area contributed by atoms with Crippen LogP contribution in [0.1, 0.15) is 31.7 Å². The molecule has 0 amide bonds. The van der Waals surface area contributed by atoms with Gasteiger partial charge in [-0.3, -0.25) is 4.90 Å². The zero-order valence-electron chi connectivity index (χ0n) is 11.5. The van der Waals surface area contributed by atoms with Crippen LogP contribution in [0.3, 0.4) is 0 Å². The Bertz CT molecular complexity index is 579. The second-order valence-electron chi connectivity index (χ2n) is 5.40. The Morgan fingerprint density at radius 3 is 3.05 bits per heavy atom. The highest BCUT2D eigenvalue weighted by Gasteiger charge is 2.23. The van der Waals surface area contributed by atoms with E-state index >= 15 is 0 Å². The first-order valence-corrected chi connectivity index (χ1v) is 7.16. The molecule has 0 saturated carbocycles. The first-order chi connectivity index (χ1) is 9.28. The number of hydrogen-bond acceptors (Lipinski definition) is 3. The van der Waals surface area contributed by atoms with Gasteiger partial charge in [0.05, 0.1) is 5.52 Å². The Kier molecular flexibility index (Phi) is 3.38. The van der Waals surface area contributed by atoms with Crippen LogP contribution in [-0.4, -0.2) is 22.5 Å². The van der Waals surface area contributed by atoms with Crippen molar-refractivity contribution < 1.29 is 0 Å². The Hall–Kier alpha value is -1.61. The lowest BCUT2D eigenvalue weighted by molar-refractivity contribution is 0.240. The van der Waals surface area contributed by atoms with E-state index < -0.39 is 0 Å². The zero-order valence-corrected chi connectivity index (χ0v) is 11.5. The SMILES string of the molecule is CCC1CCCN1Cc1cc2ccccc2nc1N. The quantitative estimate of drug-likeness (QED) is 0.916. The number of aromatic nitrogens is 1. The standard InChI is InChI=1S/C16H21N3/c1-2-14-7-5-9-19(14)11-13-10-12-6-3-4-8-15(12)18-16(13)17/h3-4,6,8,10,14H,2,5,7,9,11H2,1H3,(H2,17,18). The first kappa shape index (κ1) is 12.4. The first-order valence-electron chi connectivity index (χ1n) is 7.16. The van der Waals surface area contributed by atoms with E-state index in [1.165, 1.54) is 36.8 Å². The van der Waals surface area contributed by atoms with Crippen LogP contribution in [0.25, 0.3) is 10.9 Å². The summed E-state index contributed by atoms with van der Waals surface area (Å²) in [6, 6.07) is 11.1. The van der Waals surface area contributed by atoms with Crippen LogP contribution in [0, 0.1) is 0 Å². The minimum Gasteiger partial charge on any atom is -0.383 e. The molecule has 1 aromatic carbocycles. The normalized spacial score (nSPS) is 20.2. The Labute approximate surface area is 114 Å². The zero-order chi connectivity index (χ0) is 13.2. The number of rotatable bonds is 3. The Morgan fingerprint density at radius 2 is 2.21 bits per heavy atom. The van der Waals surface area contributed by atoms with Gasteiger partial charge in [-0.2, -0.15) is 0 Å². The summed E-state index contributed by atoms with van der Waals surface area (Å²) >= 11 is 0. The number of pyridine rings is 1. The smallest absolute Gasteiger partial charge is 0.128 e. The molecule has 1 aromatic heterocycles. The van der Waals surface area contributed by atoms with Crippen LogP contribution in [0.15, 0.2) is 30.3 Å². The molecule has 1 aliphatic heterocycles. The largest absolute Gasteiger partial charge is 0.383 e. The molecule has 0 bridgehead atoms. The molecule has 100 valence electrons. The van der Waals surface area contributed by atoms with Crippen LogP contribution < -0.4 is 5.73 Å². The molecule has 0 spiro atoms. The van der Waals surface area contributed by atoms with E-state index in [1.807, 2.05) is 12.1 Å². The van der Waals surface area contributed by atoms with Crippen molar-refractivity contribution in [3.63, 3.8) is 0 Å². The Morgan fingerprint density at radius 1 is 1.37 bits per heavy atom. The van der Waals surface area contributed by atoms with Gasteiger partial charge in [-0.15, -0.1) is 0 Å². The molecule has 2 aromatic rings. The summed E-state index contributed by atoms with van der Waals surface area (Å²) in [6.07, 6.45) is 3.84. The van der Waals surface area contributed by atoms with Crippen molar-refractivity contribution in [2.75, 3.05) is 12.3 Å². The predicted molar refractivity (Wildman–Crippen MR) is 79.9 cm³/mol. The second kappa shape index (κ2) is 5.17. The van der Waals surface area contributed by atoms with E-state index in [0.717, 1.165) is 12.1 Å². The highest BCUT2D eigenvalue weighted by Crippen LogP contribution is 2.25. The third kappa shape index (κ3) is 2.43. The van der Waals surface area contributed by atoms with Gasteiger partial charge in [-0.25, -0.2) is 4.98 Å². The van der Waals surface area contributed by atoms with Crippen LogP contribution in [0.2, 0.25) is 0 Å². The number of anilines is 1. The number of nitrogen functional groups attached to an aromatic ring is 1. The molecule has 1 unspecified atom stereocenters. The number of para-hydroxylation sites is 1. The topological polar surface area (TPSA) is 42.2 Å². The van der Waals surface area contributed by atoms with Gasteiger partial charge >= 0.3 is 0 Å².